The highest BCUT2D eigenvalue weighted by Gasteiger charge is 2.27. The summed E-state index contributed by atoms with van der Waals surface area (Å²) < 4.78 is 4.57. The number of nitrogens with one attached hydrogen (secondary N) is 2. The molecule has 6 nitrogen and oxygen atoms in total. The van der Waals surface area contributed by atoms with E-state index in [2.05, 4.69) is 20.0 Å². The summed E-state index contributed by atoms with van der Waals surface area (Å²) in [5.41, 5.74) is 0.326. The summed E-state index contributed by atoms with van der Waals surface area (Å²) in [7, 11) is 1.35. The summed E-state index contributed by atoms with van der Waals surface area (Å²) in [6.45, 7) is 4.17. The lowest BCUT2D eigenvalue weighted by molar-refractivity contribution is -0.141. The maximum atomic E-state index is 12.0. The first-order valence-corrected chi connectivity index (χ1v) is 6.28. The number of nitrogens with zero attached hydrogens (tertiary/aromatic N) is 1. The van der Waals surface area contributed by atoms with E-state index < -0.39 is 5.41 Å². The Labute approximate surface area is 112 Å². The lowest BCUT2D eigenvalue weighted by Crippen LogP contribution is -2.38. The molecule has 0 unspecified atom stereocenters. The molecule has 1 rings (SSSR count). The number of hydrogen-bond donors (Lipinski definition) is 2. The van der Waals surface area contributed by atoms with Gasteiger partial charge in [0.25, 0.3) is 0 Å². The van der Waals surface area contributed by atoms with Crippen molar-refractivity contribution in [3.05, 3.63) is 18.2 Å². The first kappa shape index (κ1) is 15.2. The average Bonchev–Trinajstić information content (AvgIpc) is 2.89. The number of H-pyrrole nitrogens is 1. The average molecular weight is 267 g/mol. The summed E-state index contributed by atoms with van der Waals surface area (Å²) in [5, 5.41) is 2.86. The van der Waals surface area contributed by atoms with E-state index in [0.717, 1.165) is 5.69 Å². The molecule has 0 radical (unpaired) electrons. The second-order valence-electron chi connectivity index (χ2n) is 5.03. The minimum atomic E-state index is -0.584. The van der Waals surface area contributed by atoms with Crippen LogP contribution in [0.5, 0.6) is 0 Å². The van der Waals surface area contributed by atoms with Crippen molar-refractivity contribution in [2.75, 3.05) is 13.7 Å². The zero-order valence-electron chi connectivity index (χ0n) is 11.7. The maximum Gasteiger partial charge on any atom is 0.305 e. The summed E-state index contributed by atoms with van der Waals surface area (Å²) in [6.07, 6.45) is 4.80. The molecule has 0 fully saturated rings. The second kappa shape index (κ2) is 6.92. The normalized spacial score (nSPS) is 11.1. The number of hydrogen-bond acceptors (Lipinski definition) is 4. The van der Waals surface area contributed by atoms with Crippen molar-refractivity contribution < 1.29 is 14.3 Å². The molecule has 0 spiro atoms. The van der Waals surface area contributed by atoms with Gasteiger partial charge in [-0.3, -0.25) is 9.59 Å². The number of aromatic nitrogens is 2. The molecule has 19 heavy (non-hydrogen) atoms. The zero-order chi connectivity index (χ0) is 14.3. The van der Waals surface area contributed by atoms with E-state index in [1.54, 1.807) is 12.5 Å². The molecule has 0 bridgehead atoms. The molecule has 2 N–H and O–H groups in total. The third-order valence-corrected chi connectivity index (χ3v) is 3.02. The molecule has 0 aliphatic carbocycles. The van der Waals surface area contributed by atoms with E-state index in [9.17, 15) is 9.59 Å². The third-order valence-electron chi connectivity index (χ3n) is 3.02. The van der Waals surface area contributed by atoms with E-state index in [1.807, 2.05) is 13.8 Å². The largest absolute Gasteiger partial charge is 0.469 e. The molecule has 1 amide bonds. The number of rotatable bonds is 7. The molecule has 1 aromatic heterocycles. The van der Waals surface area contributed by atoms with Crippen LogP contribution >= 0.6 is 0 Å². The van der Waals surface area contributed by atoms with Gasteiger partial charge in [-0.1, -0.05) is 13.8 Å². The molecule has 0 aliphatic rings. The standard InChI is InChI=1S/C13H21N3O3/c1-13(2,6-4-11(17)19-3)12(18)15-7-5-10-8-14-9-16-10/h8-9H,4-7H2,1-3H3,(H,14,16)(H,15,18). The van der Waals surface area contributed by atoms with Gasteiger partial charge in [0.05, 0.1) is 19.1 Å². The smallest absolute Gasteiger partial charge is 0.305 e. The van der Waals surface area contributed by atoms with Crippen molar-refractivity contribution in [3.8, 4) is 0 Å². The Morgan fingerprint density at radius 1 is 1.47 bits per heavy atom. The number of esters is 1. The van der Waals surface area contributed by atoms with Gasteiger partial charge in [-0.05, 0) is 6.42 Å². The second-order valence-corrected chi connectivity index (χ2v) is 5.03. The molecule has 6 heteroatoms. The molecular formula is C13H21N3O3. The topological polar surface area (TPSA) is 84.1 Å². The van der Waals surface area contributed by atoms with Crippen molar-refractivity contribution in [2.45, 2.75) is 33.1 Å². The van der Waals surface area contributed by atoms with Gasteiger partial charge in [-0.15, -0.1) is 0 Å². The quantitative estimate of drug-likeness (QED) is 0.723. The monoisotopic (exact) mass is 267 g/mol. The summed E-state index contributed by atoms with van der Waals surface area (Å²) in [5.74, 6) is -0.357. The van der Waals surface area contributed by atoms with E-state index in [-0.39, 0.29) is 18.3 Å². The van der Waals surface area contributed by atoms with Gasteiger partial charge in [0.2, 0.25) is 5.91 Å². The van der Waals surface area contributed by atoms with Crippen LogP contribution < -0.4 is 5.32 Å². The summed E-state index contributed by atoms with van der Waals surface area (Å²) in [6, 6.07) is 0. The van der Waals surface area contributed by atoms with Gasteiger partial charge in [-0.2, -0.15) is 0 Å². The Balaban J connectivity index is 2.32. The van der Waals surface area contributed by atoms with Crippen LogP contribution in [0.4, 0.5) is 0 Å². The predicted molar refractivity (Wildman–Crippen MR) is 70.3 cm³/mol. The number of carbonyl (C=O) groups excluding carboxylic acids is 2. The van der Waals surface area contributed by atoms with Crippen LogP contribution in [0.15, 0.2) is 12.5 Å². The van der Waals surface area contributed by atoms with Crippen LogP contribution in [0.3, 0.4) is 0 Å². The molecule has 0 saturated carbocycles. The summed E-state index contributed by atoms with van der Waals surface area (Å²) in [4.78, 5) is 30.0. The van der Waals surface area contributed by atoms with Crippen LogP contribution in [0.1, 0.15) is 32.4 Å². The highest BCUT2D eigenvalue weighted by Crippen LogP contribution is 2.22. The van der Waals surface area contributed by atoms with Crippen LogP contribution in [0, 0.1) is 5.41 Å². The number of carbonyl (C=O) groups is 2. The van der Waals surface area contributed by atoms with Gasteiger partial charge in [0.15, 0.2) is 0 Å². The van der Waals surface area contributed by atoms with Crippen LogP contribution in [-0.2, 0) is 20.7 Å². The molecule has 0 saturated heterocycles. The molecule has 1 aromatic rings. The first-order chi connectivity index (χ1) is 8.95. The third kappa shape index (κ3) is 5.11. The number of aromatic amines is 1. The molecular weight excluding hydrogens is 246 g/mol. The molecule has 0 aromatic carbocycles. The lowest BCUT2D eigenvalue weighted by atomic mass is 9.86. The Morgan fingerprint density at radius 2 is 2.21 bits per heavy atom. The van der Waals surface area contributed by atoms with Crippen LogP contribution in [-0.4, -0.2) is 35.5 Å². The van der Waals surface area contributed by atoms with E-state index >= 15 is 0 Å². The number of amides is 1. The highest BCUT2D eigenvalue weighted by molar-refractivity contribution is 5.82. The van der Waals surface area contributed by atoms with Crippen LogP contribution in [0.2, 0.25) is 0 Å². The van der Waals surface area contributed by atoms with E-state index in [0.29, 0.717) is 19.4 Å². The van der Waals surface area contributed by atoms with Gasteiger partial charge >= 0.3 is 5.97 Å². The highest BCUT2D eigenvalue weighted by atomic mass is 16.5. The fourth-order valence-electron chi connectivity index (χ4n) is 1.60. The Hall–Kier alpha value is -1.85. The maximum absolute atomic E-state index is 12.0. The van der Waals surface area contributed by atoms with Crippen molar-refractivity contribution in [2.24, 2.45) is 5.41 Å². The minimum Gasteiger partial charge on any atom is -0.469 e. The van der Waals surface area contributed by atoms with Crippen molar-refractivity contribution in [3.63, 3.8) is 0 Å². The molecule has 0 atom stereocenters. The fourth-order valence-corrected chi connectivity index (χ4v) is 1.60. The van der Waals surface area contributed by atoms with Crippen LogP contribution in [0.25, 0.3) is 0 Å². The van der Waals surface area contributed by atoms with E-state index in [1.165, 1.54) is 7.11 Å². The van der Waals surface area contributed by atoms with Crippen molar-refractivity contribution in [1.29, 1.82) is 0 Å². The number of imidazole rings is 1. The SMILES string of the molecule is COC(=O)CCC(C)(C)C(=O)NCCc1c[nH]cn1. The fraction of sp³-hybridized carbons (Fsp3) is 0.615. The Kier molecular flexibility index (Phi) is 5.54. The first-order valence-electron chi connectivity index (χ1n) is 6.28. The zero-order valence-corrected chi connectivity index (χ0v) is 11.7. The molecule has 0 aliphatic heterocycles. The van der Waals surface area contributed by atoms with Gasteiger partial charge < -0.3 is 15.0 Å². The molecule has 106 valence electrons. The summed E-state index contributed by atoms with van der Waals surface area (Å²) >= 11 is 0. The number of ether oxygens (including phenoxy) is 1. The predicted octanol–water partition coefficient (Wildman–Crippen LogP) is 1.05. The number of methoxy groups -OCH3 is 1. The van der Waals surface area contributed by atoms with Gasteiger partial charge in [0, 0.05) is 31.0 Å². The lowest BCUT2D eigenvalue weighted by Gasteiger charge is -2.22. The Morgan fingerprint density at radius 3 is 2.79 bits per heavy atom. The Bertz CT molecular complexity index is 413. The van der Waals surface area contributed by atoms with Crippen molar-refractivity contribution in [1.82, 2.24) is 15.3 Å². The van der Waals surface area contributed by atoms with E-state index in [4.69, 9.17) is 0 Å². The van der Waals surface area contributed by atoms with Gasteiger partial charge in [0.1, 0.15) is 0 Å². The van der Waals surface area contributed by atoms with Gasteiger partial charge in [-0.25, -0.2) is 4.98 Å². The molecule has 1 heterocycles. The minimum absolute atomic E-state index is 0.0630. The van der Waals surface area contributed by atoms with Crippen molar-refractivity contribution >= 4 is 11.9 Å².